The lowest BCUT2D eigenvalue weighted by atomic mass is 10.0. The number of nitrogens with zero attached hydrogens (tertiary/aromatic N) is 2. The molecule has 1 amide bonds. The summed E-state index contributed by atoms with van der Waals surface area (Å²) >= 11 is 0. The van der Waals surface area contributed by atoms with Crippen molar-refractivity contribution >= 4 is 11.6 Å². The Morgan fingerprint density at radius 1 is 1.19 bits per heavy atom. The van der Waals surface area contributed by atoms with Gasteiger partial charge in [0.2, 0.25) is 5.91 Å². The molecule has 0 bridgehead atoms. The molecule has 0 spiro atoms. The van der Waals surface area contributed by atoms with Gasteiger partial charge in [0, 0.05) is 25.6 Å². The highest BCUT2D eigenvalue weighted by molar-refractivity contribution is 6.02. The molecular formula is C21H24N2O3. The molecule has 0 unspecified atom stereocenters. The maximum Gasteiger partial charge on any atom is 0.248 e. The first-order valence-electron chi connectivity index (χ1n) is 8.76. The van der Waals surface area contributed by atoms with Gasteiger partial charge in [0.25, 0.3) is 0 Å². The van der Waals surface area contributed by atoms with E-state index >= 15 is 0 Å². The average molecular weight is 352 g/mol. The van der Waals surface area contributed by atoms with E-state index in [1.807, 2.05) is 42.5 Å². The molecule has 1 atom stereocenters. The van der Waals surface area contributed by atoms with Crippen molar-refractivity contribution in [3.63, 3.8) is 0 Å². The van der Waals surface area contributed by atoms with Crippen molar-refractivity contribution in [3.05, 3.63) is 71.3 Å². The molecule has 5 nitrogen and oxygen atoms in total. The van der Waals surface area contributed by atoms with Crippen LogP contribution in [0.2, 0.25) is 0 Å². The Hall–Kier alpha value is -2.66. The number of benzene rings is 2. The fraction of sp³-hybridized carbons (Fsp3) is 0.333. The quantitative estimate of drug-likeness (QED) is 0.769. The van der Waals surface area contributed by atoms with Gasteiger partial charge in [-0.25, -0.2) is 0 Å². The summed E-state index contributed by atoms with van der Waals surface area (Å²) in [7, 11) is 1.53. The Morgan fingerprint density at radius 3 is 2.65 bits per heavy atom. The van der Waals surface area contributed by atoms with Crippen molar-refractivity contribution in [2.24, 2.45) is 5.16 Å². The average Bonchev–Trinajstić information content (AvgIpc) is 3.11. The van der Waals surface area contributed by atoms with Crippen molar-refractivity contribution in [3.8, 4) is 0 Å². The molecule has 0 radical (unpaired) electrons. The highest BCUT2D eigenvalue weighted by Gasteiger charge is 2.27. The molecule has 2 aromatic rings. The number of carbonyl (C=O) groups is 1. The Labute approximate surface area is 154 Å². The zero-order valence-corrected chi connectivity index (χ0v) is 15.2. The second kappa shape index (κ2) is 8.63. The minimum Gasteiger partial charge on any atom is -0.390 e. The summed E-state index contributed by atoms with van der Waals surface area (Å²) in [4.78, 5) is 19.9. The van der Waals surface area contributed by atoms with E-state index in [2.05, 4.69) is 24.2 Å². The second-order valence-corrected chi connectivity index (χ2v) is 6.48. The number of amides is 1. The summed E-state index contributed by atoms with van der Waals surface area (Å²) in [5.74, 6) is -0.0516. The molecule has 1 aliphatic rings. The van der Waals surface area contributed by atoms with Crippen molar-refractivity contribution in [2.75, 3.05) is 20.3 Å². The molecule has 1 aliphatic heterocycles. The summed E-state index contributed by atoms with van der Waals surface area (Å²) in [6.45, 7) is 3.14. The predicted octanol–water partition coefficient (Wildman–Crippen LogP) is 3.16. The van der Waals surface area contributed by atoms with Crippen molar-refractivity contribution in [2.45, 2.75) is 26.0 Å². The summed E-state index contributed by atoms with van der Waals surface area (Å²) in [6.07, 6.45) is 0.547. The minimum atomic E-state index is -0.144. The number of ether oxygens (including phenoxy) is 1. The molecule has 136 valence electrons. The Bertz CT molecular complexity index is 774. The van der Waals surface area contributed by atoms with E-state index in [1.54, 1.807) is 4.90 Å². The number of rotatable bonds is 7. The van der Waals surface area contributed by atoms with Crippen molar-refractivity contribution < 1.29 is 14.4 Å². The summed E-state index contributed by atoms with van der Waals surface area (Å²) < 4.78 is 5.03. The van der Waals surface area contributed by atoms with Crippen LogP contribution in [0.3, 0.4) is 0 Å². The first-order chi connectivity index (χ1) is 12.7. The number of oxime groups is 1. The summed E-state index contributed by atoms with van der Waals surface area (Å²) in [5.41, 5.74) is 4.29. The monoisotopic (exact) mass is 352 g/mol. The van der Waals surface area contributed by atoms with Gasteiger partial charge in [-0.15, -0.1) is 0 Å². The molecule has 26 heavy (non-hydrogen) atoms. The van der Waals surface area contributed by atoms with E-state index in [0.717, 1.165) is 16.8 Å². The number of carbonyl (C=O) groups excluding carboxylic acids is 1. The third-order valence-corrected chi connectivity index (χ3v) is 4.45. The molecule has 0 N–H and O–H groups in total. The summed E-state index contributed by atoms with van der Waals surface area (Å²) in [5, 5.41) is 4.26. The molecule has 2 aromatic carbocycles. The van der Waals surface area contributed by atoms with Crippen molar-refractivity contribution in [1.29, 1.82) is 0 Å². The van der Waals surface area contributed by atoms with Gasteiger partial charge in [-0.3, -0.25) is 4.79 Å². The minimum absolute atomic E-state index is 0.0516. The van der Waals surface area contributed by atoms with Gasteiger partial charge in [0.1, 0.15) is 6.61 Å². The van der Waals surface area contributed by atoms with E-state index in [1.165, 1.54) is 12.7 Å². The fourth-order valence-corrected chi connectivity index (χ4v) is 3.10. The van der Waals surface area contributed by atoms with Gasteiger partial charge >= 0.3 is 0 Å². The molecular weight excluding hydrogens is 328 g/mol. The summed E-state index contributed by atoms with van der Waals surface area (Å²) in [6, 6.07) is 18.1. The topological polar surface area (TPSA) is 51.1 Å². The number of methoxy groups -OCH3 is 1. The highest BCUT2D eigenvalue weighted by atomic mass is 16.6. The lowest BCUT2D eigenvalue weighted by molar-refractivity contribution is -0.137. The van der Waals surface area contributed by atoms with Crippen LogP contribution in [-0.4, -0.2) is 42.9 Å². The van der Waals surface area contributed by atoms with E-state index in [4.69, 9.17) is 9.57 Å². The zero-order chi connectivity index (χ0) is 18.4. The number of hydrogen-bond donors (Lipinski definition) is 0. The third-order valence-electron chi connectivity index (χ3n) is 4.45. The molecule has 0 saturated heterocycles. The zero-order valence-electron chi connectivity index (χ0n) is 15.2. The first kappa shape index (κ1) is 18.1. The maximum atomic E-state index is 12.4. The normalized spacial score (nSPS) is 16.1. The smallest absolute Gasteiger partial charge is 0.248 e. The van der Waals surface area contributed by atoms with E-state index < -0.39 is 0 Å². The lowest BCUT2D eigenvalue weighted by Gasteiger charge is -2.24. The highest BCUT2D eigenvalue weighted by Crippen LogP contribution is 2.20. The SMILES string of the molecule is COCC(=O)N(Cc1ccccc1)C[C@@H]1CC(c2ccccc2C)=NO1. The van der Waals surface area contributed by atoms with Gasteiger partial charge in [0.15, 0.2) is 6.10 Å². The van der Waals surface area contributed by atoms with Crippen LogP contribution in [0.5, 0.6) is 0 Å². The van der Waals surface area contributed by atoms with E-state index in [-0.39, 0.29) is 18.6 Å². The lowest BCUT2D eigenvalue weighted by Crippen LogP contribution is -2.39. The molecule has 0 fully saturated rings. The molecule has 0 saturated carbocycles. The van der Waals surface area contributed by atoms with Crippen molar-refractivity contribution in [1.82, 2.24) is 4.90 Å². The Kier molecular flexibility index (Phi) is 6.02. The van der Waals surface area contributed by atoms with Crippen LogP contribution >= 0.6 is 0 Å². The van der Waals surface area contributed by atoms with Gasteiger partial charge in [-0.1, -0.05) is 59.8 Å². The first-order valence-corrected chi connectivity index (χ1v) is 8.76. The Morgan fingerprint density at radius 2 is 1.92 bits per heavy atom. The number of hydrogen-bond acceptors (Lipinski definition) is 4. The molecule has 0 aromatic heterocycles. The van der Waals surface area contributed by atoms with Gasteiger partial charge in [0.05, 0.1) is 12.3 Å². The van der Waals surface area contributed by atoms with Crippen LogP contribution in [0.15, 0.2) is 59.8 Å². The van der Waals surface area contributed by atoms with Gasteiger partial charge in [-0.05, 0) is 18.1 Å². The van der Waals surface area contributed by atoms with Gasteiger partial charge < -0.3 is 14.5 Å². The fourth-order valence-electron chi connectivity index (χ4n) is 3.10. The molecule has 3 rings (SSSR count). The molecule has 0 aliphatic carbocycles. The van der Waals surface area contributed by atoms with Crippen LogP contribution < -0.4 is 0 Å². The number of aryl methyl sites for hydroxylation is 1. The predicted molar refractivity (Wildman–Crippen MR) is 101 cm³/mol. The van der Waals surface area contributed by atoms with E-state index in [0.29, 0.717) is 19.5 Å². The van der Waals surface area contributed by atoms with Gasteiger partial charge in [-0.2, -0.15) is 0 Å². The van der Waals surface area contributed by atoms with Crippen LogP contribution in [0.25, 0.3) is 0 Å². The van der Waals surface area contributed by atoms with Crippen LogP contribution in [-0.2, 0) is 20.9 Å². The molecule has 5 heteroatoms. The standard InChI is InChI=1S/C21H24N2O3/c1-16-8-6-7-11-19(16)20-12-18(26-22-20)14-23(21(24)15-25-2)13-17-9-4-3-5-10-17/h3-11,18H,12-15H2,1-2H3/t18-/m0/s1. The molecule has 1 heterocycles. The van der Waals surface area contributed by atoms with Crippen LogP contribution in [0, 0.1) is 6.92 Å². The van der Waals surface area contributed by atoms with E-state index in [9.17, 15) is 4.79 Å². The second-order valence-electron chi connectivity index (χ2n) is 6.48. The largest absolute Gasteiger partial charge is 0.390 e. The van der Waals surface area contributed by atoms with Crippen LogP contribution in [0.1, 0.15) is 23.1 Å². The van der Waals surface area contributed by atoms with Crippen LogP contribution in [0.4, 0.5) is 0 Å². The Balaban J connectivity index is 1.66. The third kappa shape index (κ3) is 4.49. The maximum absolute atomic E-state index is 12.4.